The van der Waals surface area contributed by atoms with Crippen LogP contribution in [0.3, 0.4) is 0 Å². The van der Waals surface area contributed by atoms with Gasteiger partial charge in [-0.2, -0.15) is 4.31 Å². The van der Waals surface area contributed by atoms with Crippen molar-refractivity contribution in [3.63, 3.8) is 0 Å². The molecule has 1 aromatic heterocycles. The van der Waals surface area contributed by atoms with Crippen LogP contribution in [0.1, 0.15) is 28.8 Å². The Kier molecular flexibility index (Phi) is 10.3. The van der Waals surface area contributed by atoms with E-state index in [1.165, 1.54) is 33.3 Å². The molecule has 2 amide bonds. The quantitative estimate of drug-likeness (QED) is 0.254. The second-order valence-electron chi connectivity index (χ2n) is 12.4. The average Bonchev–Trinajstić information content (AvgIpc) is 3.81. The lowest BCUT2D eigenvalue weighted by Crippen LogP contribution is -2.46. The van der Waals surface area contributed by atoms with Gasteiger partial charge in [0, 0.05) is 82.6 Å². The molecule has 0 saturated carbocycles. The van der Waals surface area contributed by atoms with Crippen molar-refractivity contribution in [3.8, 4) is 21.0 Å². The second kappa shape index (κ2) is 14.4. The number of hydrogen-bond acceptors (Lipinski definition) is 9. The van der Waals surface area contributed by atoms with Crippen LogP contribution in [0, 0.1) is 5.82 Å². The van der Waals surface area contributed by atoms with Crippen LogP contribution in [0.5, 0.6) is 0 Å². The summed E-state index contributed by atoms with van der Waals surface area (Å²) in [6, 6.07) is 10.9. The van der Waals surface area contributed by atoms with Crippen molar-refractivity contribution in [2.45, 2.75) is 43.7 Å². The zero-order valence-electron chi connectivity index (χ0n) is 26.0. The van der Waals surface area contributed by atoms with E-state index < -0.39 is 46.0 Å². The van der Waals surface area contributed by atoms with Crippen LogP contribution in [0.4, 0.5) is 8.78 Å². The van der Waals surface area contributed by atoms with Crippen molar-refractivity contribution >= 4 is 33.2 Å². The predicted octanol–water partition coefficient (Wildman–Crippen LogP) is 1.97. The van der Waals surface area contributed by atoms with Crippen molar-refractivity contribution in [3.05, 3.63) is 65.6 Å². The lowest BCUT2D eigenvalue weighted by molar-refractivity contribution is -0.123. The van der Waals surface area contributed by atoms with Gasteiger partial charge in [0.1, 0.15) is 17.0 Å². The first kappa shape index (κ1) is 33.6. The lowest BCUT2D eigenvalue weighted by Gasteiger charge is -2.27. The van der Waals surface area contributed by atoms with Crippen LogP contribution in [0.15, 0.2) is 48.7 Å². The summed E-state index contributed by atoms with van der Waals surface area (Å²) < 4.78 is 54.9. The fourth-order valence-corrected chi connectivity index (χ4v) is 8.43. The van der Waals surface area contributed by atoms with Gasteiger partial charge in [-0.25, -0.2) is 22.2 Å². The van der Waals surface area contributed by atoms with Gasteiger partial charge in [0.25, 0.3) is 5.91 Å². The number of piperazine rings is 1. The van der Waals surface area contributed by atoms with Crippen molar-refractivity contribution in [2.75, 3.05) is 52.1 Å². The first-order valence-corrected chi connectivity index (χ1v) is 18.4. The molecule has 252 valence electrons. The molecule has 4 heterocycles. The SMILES string of the molecule is CS(=O)(=O)N1C[C@H](NC(=O)[C@@H]2C[C@H](F)CN2)C[C@@H]1CNC(=O)c1ccc(-c2cnc(-c3ccc(CN4CCNCC4)cc3)s2)cc1F. The molecule has 15 heteroatoms. The van der Waals surface area contributed by atoms with E-state index in [0.717, 1.165) is 54.4 Å². The van der Waals surface area contributed by atoms with Crippen molar-refractivity contribution in [2.24, 2.45) is 0 Å². The number of nitrogens with zero attached hydrogens (tertiary/aromatic N) is 3. The van der Waals surface area contributed by atoms with Crippen molar-refractivity contribution in [1.82, 2.24) is 35.5 Å². The molecule has 3 aliphatic heterocycles. The Morgan fingerprint density at radius 1 is 1.09 bits per heavy atom. The number of nitrogens with one attached hydrogen (secondary N) is 4. The molecule has 3 fully saturated rings. The van der Waals surface area contributed by atoms with Crippen LogP contribution in [-0.2, 0) is 21.4 Å². The fourth-order valence-electron chi connectivity index (χ4n) is 6.36. The van der Waals surface area contributed by atoms with Gasteiger partial charge in [0.2, 0.25) is 15.9 Å². The van der Waals surface area contributed by atoms with Gasteiger partial charge >= 0.3 is 0 Å². The summed E-state index contributed by atoms with van der Waals surface area (Å²) >= 11 is 1.43. The number of sulfonamides is 1. The van der Waals surface area contributed by atoms with E-state index in [4.69, 9.17) is 0 Å². The van der Waals surface area contributed by atoms with Crippen LogP contribution in [-0.4, -0.2) is 111 Å². The third-order valence-corrected chi connectivity index (χ3v) is 11.2. The smallest absolute Gasteiger partial charge is 0.254 e. The van der Waals surface area contributed by atoms with Gasteiger partial charge in [0.05, 0.1) is 22.7 Å². The molecule has 4 atom stereocenters. The zero-order valence-corrected chi connectivity index (χ0v) is 27.7. The van der Waals surface area contributed by atoms with Crippen LogP contribution >= 0.6 is 11.3 Å². The molecule has 3 saturated heterocycles. The molecule has 11 nitrogen and oxygen atoms in total. The Hall–Kier alpha value is -3.34. The number of halogens is 2. The van der Waals surface area contributed by atoms with E-state index in [2.05, 4.69) is 43.3 Å². The molecule has 3 aliphatic rings. The Labute approximate surface area is 277 Å². The Morgan fingerprint density at radius 2 is 1.83 bits per heavy atom. The Balaban J connectivity index is 1.05. The monoisotopic (exact) mass is 687 g/mol. The number of alkyl halides is 1. The minimum atomic E-state index is -3.66. The number of carbonyl (C=O) groups is 2. The zero-order chi connectivity index (χ0) is 33.1. The van der Waals surface area contributed by atoms with Crippen LogP contribution < -0.4 is 21.3 Å². The van der Waals surface area contributed by atoms with Crippen LogP contribution in [0.25, 0.3) is 21.0 Å². The molecular weight excluding hydrogens is 649 g/mol. The van der Waals surface area contributed by atoms with E-state index in [1.54, 1.807) is 12.3 Å². The molecule has 0 aliphatic carbocycles. The maximum atomic E-state index is 15.2. The predicted molar refractivity (Wildman–Crippen MR) is 177 cm³/mol. The summed E-state index contributed by atoms with van der Waals surface area (Å²) in [6.45, 7) is 5.02. The number of thiazole rings is 1. The standard InChI is InChI=1S/C32H39F2N7O4S2/c1-47(44,45)41-19-24(39-31(43)28-13-23(33)15-36-28)14-25(41)16-37-30(42)26-7-6-22(12-27(26)34)29-17-38-32(46-29)21-4-2-20(3-5-21)18-40-10-8-35-9-11-40/h2-7,12,17,23-25,28,35-36H,8-11,13-16,18-19H2,1H3,(H,37,42)(H,39,43)/t23-,24+,25+,28-/m0/s1. The summed E-state index contributed by atoms with van der Waals surface area (Å²) in [5, 5.41) is 12.4. The number of amides is 2. The summed E-state index contributed by atoms with van der Waals surface area (Å²) in [5.41, 5.74) is 2.63. The number of carbonyl (C=O) groups excluding carboxylic acids is 2. The summed E-state index contributed by atoms with van der Waals surface area (Å²) in [6.07, 6.45) is 1.96. The summed E-state index contributed by atoms with van der Waals surface area (Å²) in [5.74, 6) is -1.77. The molecule has 0 bridgehead atoms. The number of benzene rings is 2. The van der Waals surface area contributed by atoms with Crippen molar-refractivity contribution < 1.29 is 26.8 Å². The third kappa shape index (κ3) is 8.21. The highest BCUT2D eigenvalue weighted by Crippen LogP contribution is 2.33. The molecule has 0 spiro atoms. The highest BCUT2D eigenvalue weighted by atomic mass is 32.2. The average molecular weight is 688 g/mol. The maximum Gasteiger partial charge on any atom is 0.254 e. The van der Waals surface area contributed by atoms with E-state index in [1.807, 2.05) is 12.1 Å². The normalized spacial score (nSPS) is 24.0. The van der Waals surface area contributed by atoms with Crippen molar-refractivity contribution in [1.29, 1.82) is 0 Å². The lowest BCUT2D eigenvalue weighted by atomic mass is 10.1. The largest absolute Gasteiger partial charge is 0.351 e. The minimum absolute atomic E-state index is 0.0252. The van der Waals surface area contributed by atoms with E-state index in [0.29, 0.717) is 5.56 Å². The molecule has 2 aromatic carbocycles. The molecule has 0 unspecified atom stereocenters. The Bertz CT molecular complexity index is 1700. The van der Waals surface area contributed by atoms with Gasteiger partial charge in [-0.1, -0.05) is 30.3 Å². The molecule has 4 N–H and O–H groups in total. The van der Waals surface area contributed by atoms with Crippen LogP contribution in [0.2, 0.25) is 0 Å². The van der Waals surface area contributed by atoms with Gasteiger partial charge in [-0.15, -0.1) is 11.3 Å². The van der Waals surface area contributed by atoms with E-state index >= 15 is 4.39 Å². The third-order valence-electron chi connectivity index (χ3n) is 8.85. The molecule has 6 rings (SSSR count). The molecule has 3 aromatic rings. The molecular formula is C32H39F2N7O4S2. The van der Waals surface area contributed by atoms with Gasteiger partial charge in [0.15, 0.2) is 0 Å². The number of rotatable bonds is 10. The first-order valence-electron chi connectivity index (χ1n) is 15.7. The van der Waals surface area contributed by atoms with E-state index in [9.17, 15) is 22.4 Å². The van der Waals surface area contributed by atoms with E-state index in [-0.39, 0.29) is 43.9 Å². The first-order chi connectivity index (χ1) is 22.5. The molecule has 47 heavy (non-hydrogen) atoms. The van der Waals surface area contributed by atoms with Gasteiger partial charge in [-0.3, -0.25) is 14.5 Å². The van der Waals surface area contributed by atoms with Gasteiger partial charge in [-0.05, 0) is 29.7 Å². The fraction of sp³-hybridized carbons (Fsp3) is 0.469. The maximum absolute atomic E-state index is 15.2. The Morgan fingerprint density at radius 3 is 2.51 bits per heavy atom. The summed E-state index contributed by atoms with van der Waals surface area (Å²) in [4.78, 5) is 33.3. The highest BCUT2D eigenvalue weighted by molar-refractivity contribution is 7.88. The van der Waals surface area contributed by atoms with Gasteiger partial charge < -0.3 is 21.3 Å². The molecule has 0 radical (unpaired) electrons. The topological polar surface area (TPSA) is 136 Å². The summed E-state index contributed by atoms with van der Waals surface area (Å²) in [7, 11) is -3.66. The number of hydrogen-bond donors (Lipinski definition) is 4. The minimum Gasteiger partial charge on any atom is -0.351 e. The number of aromatic nitrogens is 1. The second-order valence-corrected chi connectivity index (χ2v) is 15.3. The highest BCUT2D eigenvalue weighted by Gasteiger charge is 2.40.